The third-order valence-corrected chi connectivity index (χ3v) is 5.30. The number of hydrogen-bond donors (Lipinski definition) is 3. The summed E-state index contributed by atoms with van der Waals surface area (Å²) >= 11 is 5.52. The van der Waals surface area contributed by atoms with Gasteiger partial charge in [-0.25, -0.2) is 8.78 Å². The summed E-state index contributed by atoms with van der Waals surface area (Å²) in [5.41, 5.74) is 13.0. The van der Waals surface area contributed by atoms with E-state index in [-0.39, 0.29) is 18.7 Å². The molecule has 1 aliphatic heterocycles. The number of rotatable bonds is 6. The van der Waals surface area contributed by atoms with Crippen molar-refractivity contribution in [3.63, 3.8) is 0 Å². The fourth-order valence-electron chi connectivity index (χ4n) is 3.54. The summed E-state index contributed by atoms with van der Waals surface area (Å²) in [5, 5.41) is 15.7. The molecule has 5 N–H and O–H groups in total. The smallest absolute Gasteiger partial charge is 0.231 e. The highest BCUT2D eigenvalue weighted by Gasteiger charge is 2.36. The average molecular weight is 433 g/mol. The van der Waals surface area contributed by atoms with Crippen molar-refractivity contribution < 1.29 is 13.6 Å². The largest absolute Gasteiger partial charge is 0.405 e. The van der Waals surface area contributed by atoms with Crippen LogP contribution in [0.4, 0.5) is 14.6 Å². The average Bonchev–Trinajstić information content (AvgIpc) is 3.28. The molecule has 10 heteroatoms. The molecule has 1 unspecified atom stereocenters. The number of nitrogens with zero attached hydrogens (tertiary/aromatic N) is 3. The molecule has 2 aromatic rings. The zero-order valence-corrected chi connectivity index (χ0v) is 16.6. The third-order valence-electron chi connectivity index (χ3n) is 4.94. The van der Waals surface area contributed by atoms with Gasteiger partial charge in [0.1, 0.15) is 16.7 Å². The van der Waals surface area contributed by atoms with Crippen molar-refractivity contribution in [2.75, 3.05) is 11.4 Å². The number of allylic oxidation sites excluding steroid dienone is 2. The lowest BCUT2D eigenvalue weighted by molar-refractivity contribution is -0.120. The Morgan fingerprint density at radius 1 is 1.40 bits per heavy atom. The van der Waals surface area contributed by atoms with Crippen LogP contribution in [-0.2, 0) is 17.6 Å². The molecule has 1 fully saturated rings. The first-order chi connectivity index (χ1) is 14.4. The monoisotopic (exact) mass is 432 g/mol. The number of carbonyl (C=O) groups is 1. The highest BCUT2D eigenvalue weighted by molar-refractivity contribution is 6.30. The maximum absolute atomic E-state index is 13.7. The van der Waals surface area contributed by atoms with E-state index >= 15 is 0 Å². The topological polar surface area (TPSA) is 125 Å². The molecule has 0 bridgehead atoms. The maximum atomic E-state index is 13.7. The van der Waals surface area contributed by atoms with Gasteiger partial charge >= 0.3 is 0 Å². The van der Waals surface area contributed by atoms with Gasteiger partial charge in [0.05, 0.1) is 18.2 Å². The fourth-order valence-corrected chi connectivity index (χ4v) is 3.65. The highest BCUT2D eigenvalue weighted by Crippen LogP contribution is 2.33. The molecule has 1 saturated heterocycles. The van der Waals surface area contributed by atoms with Gasteiger partial charge < -0.3 is 11.5 Å². The Hall–Kier alpha value is -3.38. The predicted molar refractivity (Wildman–Crippen MR) is 109 cm³/mol. The molecular formula is C20H19ClF2N6O. The van der Waals surface area contributed by atoms with E-state index in [4.69, 9.17) is 23.1 Å². The molecule has 0 aliphatic carbocycles. The van der Waals surface area contributed by atoms with Crippen LogP contribution in [0.25, 0.3) is 5.57 Å². The summed E-state index contributed by atoms with van der Waals surface area (Å²) in [4.78, 5) is 14.5. The van der Waals surface area contributed by atoms with Crippen molar-refractivity contribution in [2.24, 2.45) is 17.4 Å². The summed E-state index contributed by atoms with van der Waals surface area (Å²) in [6.45, 7) is 0.360. The van der Waals surface area contributed by atoms with Gasteiger partial charge in [-0.05, 0) is 42.8 Å². The second-order valence-electron chi connectivity index (χ2n) is 6.77. The summed E-state index contributed by atoms with van der Waals surface area (Å²) in [6, 6.07) is 4.32. The molecule has 0 spiro atoms. The standard InChI is InChI=1S/C20H19ClF2N6O/c21-17-15(22)8-11(9-16(17)23)7-12-3-6-29(20(12)30)19-14(2-5-25)18(27-28-19)13(10-26)1-4-24/h1,4,8-10,12H,2-3,6-7,24,26H2,(H,27,28)/b4-1-,13-10+. The number of aromatic amines is 1. The zero-order chi connectivity index (χ0) is 21.8. The van der Waals surface area contributed by atoms with E-state index in [1.54, 1.807) is 6.08 Å². The molecule has 30 heavy (non-hydrogen) atoms. The molecule has 156 valence electrons. The van der Waals surface area contributed by atoms with Gasteiger partial charge in [-0.2, -0.15) is 10.4 Å². The van der Waals surface area contributed by atoms with Gasteiger partial charge in [0.2, 0.25) is 5.91 Å². The normalized spacial score (nSPS) is 17.1. The second kappa shape index (κ2) is 8.97. The minimum Gasteiger partial charge on any atom is -0.405 e. The lowest BCUT2D eigenvalue weighted by Gasteiger charge is -2.16. The van der Waals surface area contributed by atoms with Crippen molar-refractivity contribution in [1.29, 1.82) is 5.26 Å². The van der Waals surface area contributed by atoms with Crippen molar-refractivity contribution in [2.45, 2.75) is 19.3 Å². The van der Waals surface area contributed by atoms with Crippen LogP contribution in [0.5, 0.6) is 0 Å². The number of nitrogens with one attached hydrogen (secondary N) is 1. The Bertz CT molecular complexity index is 1050. The van der Waals surface area contributed by atoms with Gasteiger partial charge in [0.15, 0.2) is 5.82 Å². The van der Waals surface area contributed by atoms with E-state index < -0.39 is 22.6 Å². The number of anilines is 1. The minimum absolute atomic E-state index is 0.00102. The zero-order valence-electron chi connectivity index (χ0n) is 15.8. The molecular weight excluding hydrogens is 414 g/mol. The van der Waals surface area contributed by atoms with E-state index in [9.17, 15) is 18.8 Å². The van der Waals surface area contributed by atoms with Gasteiger partial charge in [-0.15, -0.1) is 0 Å². The van der Waals surface area contributed by atoms with E-state index in [0.717, 1.165) is 12.1 Å². The van der Waals surface area contributed by atoms with E-state index in [1.165, 1.54) is 17.3 Å². The number of halogens is 3. The quantitative estimate of drug-likeness (QED) is 0.478. The van der Waals surface area contributed by atoms with Crippen molar-refractivity contribution in [3.05, 3.63) is 64.1 Å². The Kier molecular flexibility index (Phi) is 6.37. The summed E-state index contributed by atoms with van der Waals surface area (Å²) in [5.74, 6) is -2.12. The molecule has 3 rings (SSSR count). The molecule has 1 aliphatic rings. The summed E-state index contributed by atoms with van der Waals surface area (Å²) in [6.07, 6.45) is 4.81. The van der Waals surface area contributed by atoms with E-state index in [0.29, 0.717) is 41.2 Å². The van der Waals surface area contributed by atoms with Crippen LogP contribution < -0.4 is 16.4 Å². The highest BCUT2D eigenvalue weighted by atomic mass is 35.5. The predicted octanol–water partition coefficient (Wildman–Crippen LogP) is 2.77. The number of benzene rings is 1. The SMILES string of the molecule is N#CCc1c(N2CCC(Cc3cc(F)c(Cl)c(F)c3)C2=O)n[nH]c1C(/C=C\N)=C/N. The first-order valence-corrected chi connectivity index (χ1v) is 9.48. The van der Waals surface area contributed by atoms with Gasteiger partial charge in [-0.3, -0.25) is 14.8 Å². The summed E-state index contributed by atoms with van der Waals surface area (Å²) < 4.78 is 27.4. The van der Waals surface area contributed by atoms with E-state index in [1.807, 2.05) is 0 Å². The summed E-state index contributed by atoms with van der Waals surface area (Å²) in [7, 11) is 0. The molecule has 1 amide bonds. The molecule has 0 saturated carbocycles. The van der Waals surface area contributed by atoms with Crippen molar-refractivity contribution >= 4 is 28.9 Å². The van der Waals surface area contributed by atoms with Crippen LogP contribution in [0.15, 0.2) is 30.6 Å². The number of nitrogens with two attached hydrogens (primary N) is 2. The lowest BCUT2D eigenvalue weighted by Crippen LogP contribution is -2.29. The molecule has 0 radical (unpaired) electrons. The Balaban J connectivity index is 1.87. The van der Waals surface area contributed by atoms with E-state index in [2.05, 4.69) is 16.3 Å². The van der Waals surface area contributed by atoms with Crippen LogP contribution in [-0.4, -0.2) is 22.6 Å². The maximum Gasteiger partial charge on any atom is 0.231 e. The van der Waals surface area contributed by atoms with Crippen molar-refractivity contribution in [3.8, 4) is 6.07 Å². The molecule has 1 aromatic heterocycles. The van der Waals surface area contributed by atoms with Gasteiger partial charge in [0.25, 0.3) is 0 Å². The third kappa shape index (κ3) is 4.00. The molecule has 1 atom stereocenters. The van der Waals surface area contributed by atoms with Crippen molar-refractivity contribution in [1.82, 2.24) is 10.2 Å². The number of nitriles is 1. The number of aromatic nitrogens is 2. The van der Waals surface area contributed by atoms with Crippen LogP contribution in [0.2, 0.25) is 5.02 Å². The van der Waals surface area contributed by atoms with Crippen LogP contribution in [0.1, 0.15) is 23.2 Å². The van der Waals surface area contributed by atoms with Crippen LogP contribution in [0, 0.1) is 28.9 Å². The Morgan fingerprint density at radius 3 is 2.70 bits per heavy atom. The first-order valence-electron chi connectivity index (χ1n) is 9.10. The Morgan fingerprint density at radius 2 is 2.10 bits per heavy atom. The molecule has 2 heterocycles. The lowest BCUT2D eigenvalue weighted by atomic mass is 9.98. The number of amides is 1. The number of carbonyl (C=O) groups excluding carboxylic acids is 1. The number of H-pyrrole nitrogens is 1. The minimum atomic E-state index is -0.865. The van der Waals surface area contributed by atoms with Crippen LogP contribution in [0.3, 0.4) is 0 Å². The fraction of sp³-hybridized carbons (Fsp3) is 0.250. The van der Waals surface area contributed by atoms with Gasteiger partial charge in [0, 0.05) is 29.8 Å². The van der Waals surface area contributed by atoms with Gasteiger partial charge in [-0.1, -0.05) is 11.6 Å². The first kappa shape index (κ1) is 21.3. The molecule has 1 aromatic carbocycles. The Labute approximate surface area is 176 Å². The molecule has 7 nitrogen and oxygen atoms in total. The second-order valence-corrected chi connectivity index (χ2v) is 7.15. The number of hydrogen-bond acceptors (Lipinski definition) is 5. The van der Waals surface area contributed by atoms with Crippen LogP contribution >= 0.6 is 11.6 Å².